The fraction of sp³-hybridized carbons (Fsp3) is 0.529. The fourth-order valence-electron chi connectivity index (χ4n) is 2.37. The molecule has 1 aromatic rings. The molecule has 0 spiro atoms. The van der Waals surface area contributed by atoms with Gasteiger partial charge in [-0.3, -0.25) is 9.59 Å². The summed E-state index contributed by atoms with van der Waals surface area (Å²) in [4.78, 5) is 24.3. The summed E-state index contributed by atoms with van der Waals surface area (Å²) in [6.07, 6.45) is 1.27. The van der Waals surface area contributed by atoms with Gasteiger partial charge in [-0.1, -0.05) is 13.8 Å². The molecular formula is C17H23NO3. The number of benzene rings is 1. The highest BCUT2D eigenvalue weighted by Gasteiger charge is 2.32. The average molecular weight is 289 g/mol. The van der Waals surface area contributed by atoms with Crippen LogP contribution >= 0.6 is 0 Å². The first-order valence-electron chi connectivity index (χ1n) is 7.43. The summed E-state index contributed by atoms with van der Waals surface area (Å²) in [5, 5.41) is 2.88. The highest BCUT2D eigenvalue weighted by atomic mass is 16.5. The van der Waals surface area contributed by atoms with E-state index in [0.29, 0.717) is 35.8 Å². The summed E-state index contributed by atoms with van der Waals surface area (Å²) >= 11 is 0. The SMILES string of the molecule is CC(C)CCNC(=O)c1ccc2c(c1)C(=O)CC(C)(C)O2. The molecule has 0 unspecified atom stereocenters. The van der Waals surface area contributed by atoms with Crippen molar-refractivity contribution in [2.24, 2.45) is 5.92 Å². The van der Waals surface area contributed by atoms with Gasteiger partial charge in [0, 0.05) is 12.1 Å². The van der Waals surface area contributed by atoms with Crippen LogP contribution < -0.4 is 10.1 Å². The van der Waals surface area contributed by atoms with Gasteiger partial charge in [-0.2, -0.15) is 0 Å². The molecule has 114 valence electrons. The van der Waals surface area contributed by atoms with E-state index in [0.717, 1.165) is 6.42 Å². The van der Waals surface area contributed by atoms with Gasteiger partial charge in [-0.05, 0) is 44.4 Å². The molecule has 0 saturated heterocycles. The van der Waals surface area contributed by atoms with Crippen molar-refractivity contribution < 1.29 is 14.3 Å². The highest BCUT2D eigenvalue weighted by molar-refractivity contribution is 6.03. The van der Waals surface area contributed by atoms with Crippen LogP contribution in [0.15, 0.2) is 18.2 Å². The molecule has 0 fully saturated rings. The third kappa shape index (κ3) is 3.84. The second-order valence-electron chi connectivity index (χ2n) is 6.61. The molecular weight excluding hydrogens is 266 g/mol. The van der Waals surface area contributed by atoms with Crippen LogP contribution in [0.5, 0.6) is 5.75 Å². The van der Waals surface area contributed by atoms with Crippen molar-refractivity contribution in [3.63, 3.8) is 0 Å². The van der Waals surface area contributed by atoms with Crippen LogP contribution in [-0.4, -0.2) is 23.8 Å². The van der Waals surface area contributed by atoms with E-state index in [2.05, 4.69) is 19.2 Å². The standard InChI is InChI=1S/C17H23NO3/c1-11(2)7-8-18-16(20)12-5-6-15-13(9-12)14(19)10-17(3,4)21-15/h5-6,9,11H,7-8,10H2,1-4H3,(H,18,20). The van der Waals surface area contributed by atoms with Gasteiger partial charge in [0.1, 0.15) is 11.4 Å². The molecule has 0 aromatic heterocycles. The Labute approximate surface area is 125 Å². The molecule has 2 rings (SSSR count). The third-order valence-electron chi connectivity index (χ3n) is 3.52. The summed E-state index contributed by atoms with van der Waals surface area (Å²) in [5.41, 5.74) is 0.533. The van der Waals surface area contributed by atoms with Crippen molar-refractivity contribution in [1.82, 2.24) is 5.32 Å². The van der Waals surface area contributed by atoms with Crippen molar-refractivity contribution in [3.05, 3.63) is 29.3 Å². The predicted molar refractivity (Wildman–Crippen MR) is 81.9 cm³/mol. The minimum Gasteiger partial charge on any atom is -0.487 e. The average Bonchev–Trinajstić information content (AvgIpc) is 2.36. The number of nitrogens with one attached hydrogen (secondary N) is 1. The maximum atomic E-state index is 12.2. The Morgan fingerprint density at radius 1 is 1.38 bits per heavy atom. The highest BCUT2D eigenvalue weighted by Crippen LogP contribution is 2.33. The number of carbonyl (C=O) groups is 2. The number of hydrogen-bond donors (Lipinski definition) is 1. The summed E-state index contributed by atoms with van der Waals surface area (Å²) in [5.74, 6) is 0.996. The molecule has 1 aliphatic rings. The van der Waals surface area contributed by atoms with E-state index in [-0.39, 0.29) is 11.7 Å². The van der Waals surface area contributed by atoms with E-state index in [4.69, 9.17) is 4.74 Å². The summed E-state index contributed by atoms with van der Waals surface area (Å²) in [6.45, 7) is 8.65. The molecule has 1 aromatic carbocycles. The van der Waals surface area contributed by atoms with Gasteiger partial charge in [-0.15, -0.1) is 0 Å². The third-order valence-corrected chi connectivity index (χ3v) is 3.52. The molecule has 1 amide bonds. The molecule has 1 aliphatic heterocycles. The number of fused-ring (bicyclic) bond motifs is 1. The lowest BCUT2D eigenvalue weighted by Crippen LogP contribution is -2.36. The minimum atomic E-state index is -0.481. The van der Waals surface area contributed by atoms with E-state index >= 15 is 0 Å². The van der Waals surface area contributed by atoms with Crippen molar-refractivity contribution >= 4 is 11.7 Å². The number of hydrogen-bond acceptors (Lipinski definition) is 3. The van der Waals surface area contributed by atoms with E-state index in [1.807, 2.05) is 13.8 Å². The van der Waals surface area contributed by atoms with E-state index in [1.165, 1.54) is 0 Å². The molecule has 4 nitrogen and oxygen atoms in total. The first kappa shape index (κ1) is 15.5. The zero-order chi connectivity index (χ0) is 15.6. The lowest BCUT2D eigenvalue weighted by Gasteiger charge is -2.31. The second-order valence-corrected chi connectivity index (χ2v) is 6.61. The molecule has 1 N–H and O–H groups in total. The molecule has 21 heavy (non-hydrogen) atoms. The van der Waals surface area contributed by atoms with Gasteiger partial charge in [0.25, 0.3) is 5.91 Å². The Morgan fingerprint density at radius 2 is 2.10 bits per heavy atom. The Kier molecular flexibility index (Phi) is 4.35. The Morgan fingerprint density at radius 3 is 2.76 bits per heavy atom. The van der Waals surface area contributed by atoms with Gasteiger partial charge in [0.05, 0.1) is 12.0 Å². The van der Waals surface area contributed by atoms with E-state index < -0.39 is 5.60 Å². The van der Waals surface area contributed by atoms with E-state index in [9.17, 15) is 9.59 Å². The number of carbonyl (C=O) groups excluding carboxylic acids is 2. The quantitative estimate of drug-likeness (QED) is 0.926. The van der Waals surface area contributed by atoms with Crippen LogP contribution in [0.2, 0.25) is 0 Å². The molecule has 0 atom stereocenters. The number of ether oxygens (including phenoxy) is 1. The second kappa shape index (κ2) is 5.88. The van der Waals surface area contributed by atoms with Gasteiger partial charge >= 0.3 is 0 Å². The van der Waals surface area contributed by atoms with Crippen LogP contribution in [0.1, 0.15) is 61.3 Å². The molecule has 0 radical (unpaired) electrons. The van der Waals surface area contributed by atoms with Crippen LogP contribution in [0.25, 0.3) is 0 Å². The van der Waals surface area contributed by atoms with E-state index in [1.54, 1.807) is 18.2 Å². The van der Waals surface area contributed by atoms with Gasteiger partial charge in [0.2, 0.25) is 0 Å². The van der Waals surface area contributed by atoms with Crippen LogP contribution in [-0.2, 0) is 0 Å². The zero-order valence-corrected chi connectivity index (χ0v) is 13.2. The lowest BCUT2D eigenvalue weighted by atomic mass is 9.92. The van der Waals surface area contributed by atoms with Gasteiger partial charge in [0.15, 0.2) is 5.78 Å². The number of amides is 1. The molecule has 0 bridgehead atoms. The van der Waals surface area contributed by atoms with Crippen molar-refractivity contribution in [1.29, 1.82) is 0 Å². The minimum absolute atomic E-state index is 0.0260. The molecule has 1 heterocycles. The number of rotatable bonds is 4. The number of Topliss-reactive ketones (excluding diaryl/α,β-unsaturated/α-hetero) is 1. The van der Waals surface area contributed by atoms with Crippen LogP contribution in [0.4, 0.5) is 0 Å². The molecule has 0 saturated carbocycles. The smallest absolute Gasteiger partial charge is 0.251 e. The van der Waals surface area contributed by atoms with Crippen LogP contribution in [0, 0.1) is 5.92 Å². The summed E-state index contributed by atoms with van der Waals surface area (Å²) in [6, 6.07) is 5.06. The summed E-state index contributed by atoms with van der Waals surface area (Å²) in [7, 11) is 0. The maximum Gasteiger partial charge on any atom is 0.251 e. The Bertz CT molecular complexity index is 561. The fourth-order valence-corrected chi connectivity index (χ4v) is 2.37. The predicted octanol–water partition coefficient (Wildman–Crippen LogP) is 3.21. The van der Waals surface area contributed by atoms with Crippen molar-refractivity contribution in [2.45, 2.75) is 46.1 Å². The lowest BCUT2D eigenvalue weighted by molar-refractivity contribution is 0.0620. The molecule has 4 heteroatoms. The first-order valence-corrected chi connectivity index (χ1v) is 7.43. The Balaban J connectivity index is 2.12. The monoisotopic (exact) mass is 289 g/mol. The largest absolute Gasteiger partial charge is 0.487 e. The van der Waals surface area contributed by atoms with Crippen molar-refractivity contribution in [3.8, 4) is 5.75 Å². The zero-order valence-electron chi connectivity index (χ0n) is 13.2. The van der Waals surface area contributed by atoms with Crippen molar-refractivity contribution in [2.75, 3.05) is 6.54 Å². The maximum absolute atomic E-state index is 12.2. The summed E-state index contributed by atoms with van der Waals surface area (Å²) < 4.78 is 5.78. The first-order chi connectivity index (χ1) is 9.78. The number of ketones is 1. The van der Waals surface area contributed by atoms with Crippen LogP contribution in [0.3, 0.4) is 0 Å². The van der Waals surface area contributed by atoms with Gasteiger partial charge < -0.3 is 10.1 Å². The Hall–Kier alpha value is -1.84. The molecule has 0 aliphatic carbocycles. The normalized spacial score (nSPS) is 16.3. The van der Waals surface area contributed by atoms with Gasteiger partial charge in [-0.25, -0.2) is 0 Å². The topological polar surface area (TPSA) is 55.4 Å².